The monoisotopic (exact) mass is 290 g/mol. The quantitative estimate of drug-likeness (QED) is 0.882. The van der Waals surface area contributed by atoms with E-state index in [0.29, 0.717) is 0 Å². The number of halogens is 1. The number of rotatable bonds is 2. The number of anilines is 1. The first-order valence-corrected chi connectivity index (χ1v) is 6.31. The lowest BCUT2D eigenvalue weighted by Gasteiger charge is -2.29. The van der Waals surface area contributed by atoms with Crippen molar-refractivity contribution in [3.63, 3.8) is 0 Å². The Morgan fingerprint density at radius 3 is 2.60 bits per heavy atom. The fraction of sp³-hybridized carbons (Fsp3) is 0.625. The topological polar surface area (TPSA) is 72.1 Å². The molecule has 0 radical (unpaired) electrons. The minimum atomic E-state index is -0.187. The number of piperidine rings is 1. The molecular formula is C8H11BrN4OS. The number of primary amides is 1. The van der Waals surface area contributed by atoms with Crippen molar-refractivity contribution in [2.24, 2.45) is 11.7 Å². The van der Waals surface area contributed by atoms with Crippen LogP contribution < -0.4 is 10.6 Å². The first kappa shape index (κ1) is 10.8. The highest BCUT2D eigenvalue weighted by Crippen LogP contribution is 2.27. The lowest BCUT2D eigenvalue weighted by Crippen LogP contribution is -2.38. The van der Waals surface area contributed by atoms with E-state index in [4.69, 9.17) is 5.73 Å². The molecule has 0 saturated carbocycles. The maximum atomic E-state index is 11.0. The Balaban J connectivity index is 1.96. The summed E-state index contributed by atoms with van der Waals surface area (Å²) in [6, 6.07) is 0. The van der Waals surface area contributed by atoms with Crippen molar-refractivity contribution in [2.45, 2.75) is 12.8 Å². The molecule has 82 valence electrons. The molecule has 15 heavy (non-hydrogen) atoms. The zero-order chi connectivity index (χ0) is 10.8. The summed E-state index contributed by atoms with van der Waals surface area (Å²) < 4.78 is 0.787. The molecule has 1 fully saturated rings. The van der Waals surface area contributed by atoms with Crippen molar-refractivity contribution in [1.29, 1.82) is 0 Å². The van der Waals surface area contributed by atoms with E-state index in [0.717, 1.165) is 35.0 Å². The van der Waals surface area contributed by atoms with Crippen LogP contribution in [0.1, 0.15) is 12.8 Å². The van der Waals surface area contributed by atoms with E-state index >= 15 is 0 Å². The zero-order valence-corrected chi connectivity index (χ0v) is 10.4. The fourth-order valence-electron chi connectivity index (χ4n) is 1.68. The highest BCUT2D eigenvalue weighted by molar-refractivity contribution is 9.11. The molecular weight excluding hydrogens is 280 g/mol. The van der Waals surface area contributed by atoms with Crippen molar-refractivity contribution >= 4 is 38.3 Å². The first-order valence-electron chi connectivity index (χ1n) is 4.70. The Labute approximate surface area is 99.8 Å². The number of hydrogen-bond acceptors (Lipinski definition) is 5. The molecule has 0 spiro atoms. The van der Waals surface area contributed by atoms with Crippen LogP contribution >= 0.6 is 27.3 Å². The third kappa shape index (κ3) is 2.46. The molecule has 2 N–H and O–H groups in total. The highest BCUT2D eigenvalue weighted by Gasteiger charge is 2.24. The number of aromatic nitrogens is 2. The van der Waals surface area contributed by atoms with E-state index in [2.05, 4.69) is 31.0 Å². The van der Waals surface area contributed by atoms with Gasteiger partial charge in [0.15, 0.2) is 3.92 Å². The lowest BCUT2D eigenvalue weighted by molar-refractivity contribution is -0.122. The summed E-state index contributed by atoms with van der Waals surface area (Å²) in [4.78, 5) is 13.1. The summed E-state index contributed by atoms with van der Waals surface area (Å²) in [6.07, 6.45) is 1.62. The van der Waals surface area contributed by atoms with Gasteiger partial charge < -0.3 is 10.6 Å². The van der Waals surface area contributed by atoms with Gasteiger partial charge in [-0.3, -0.25) is 4.79 Å². The second kappa shape index (κ2) is 4.44. The summed E-state index contributed by atoms with van der Waals surface area (Å²) in [6.45, 7) is 1.66. The van der Waals surface area contributed by atoms with E-state index in [1.54, 1.807) is 0 Å². The fourth-order valence-corrected chi connectivity index (χ4v) is 2.82. The number of amides is 1. The van der Waals surface area contributed by atoms with Crippen molar-refractivity contribution in [1.82, 2.24) is 10.2 Å². The minimum Gasteiger partial charge on any atom is -0.369 e. The van der Waals surface area contributed by atoms with Gasteiger partial charge in [-0.25, -0.2) is 0 Å². The van der Waals surface area contributed by atoms with Crippen LogP contribution in [0.25, 0.3) is 0 Å². The molecule has 2 rings (SSSR count). The van der Waals surface area contributed by atoms with Gasteiger partial charge in [0.1, 0.15) is 0 Å². The SMILES string of the molecule is NC(=O)C1CCN(c2nnc(Br)s2)CC1. The molecule has 1 aromatic heterocycles. The summed E-state index contributed by atoms with van der Waals surface area (Å²) in [7, 11) is 0. The van der Waals surface area contributed by atoms with Gasteiger partial charge in [0.2, 0.25) is 11.0 Å². The standard InChI is InChI=1S/C8H11BrN4OS/c9-7-11-12-8(15-7)13-3-1-5(2-4-13)6(10)14/h5H,1-4H2,(H2,10,14). The van der Waals surface area contributed by atoms with Gasteiger partial charge >= 0.3 is 0 Å². The molecule has 7 heteroatoms. The maximum absolute atomic E-state index is 11.0. The summed E-state index contributed by atoms with van der Waals surface area (Å²) in [5.74, 6) is -0.161. The molecule has 2 heterocycles. The van der Waals surface area contributed by atoms with E-state index in [-0.39, 0.29) is 11.8 Å². The maximum Gasteiger partial charge on any atom is 0.220 e. The predicted molar refractivity (Wildman–Crippen MR) is 61.7 cm³/mol. The summed E-state index contributed by atoms with van der Waals surface area (Å²) in [5, 5.41) is 8.85. The van der Waals surface area contributed by atoms with E-state index in [1.165, 1.54) is 11.3 Å². The average molecular weight is 291 g/mol. The molecule has 1 aromatic rings. The second-order valence-corrected chi connectivity index (χ2v) is 5.73. The largest absolute Gasteiger partial charge is 0.369 e. The Morgan fingerprint density at radius 1 is 1.47 bits per heavy atom. The number of carbonyl (C=O) groups is 1. The number of carbonyl (C=O) groups excluding carboxylic acids is 1. The minimum absolute atomic E-state index is 0.0256. The van der Waals surface area contributed by atoms with E-state index in [1.807, 2.05) is 0 Å². The predicted octanol–water partition coefficient (Wildman–Crippen LogP) is 1.00. The Morgan fingerprint density at radius 2 is 2.13 bits per heavy atom. The van der Waals surface area contributed by atoms with Crippen molar-refractivity contribution in [3.05, 3.63) is 3.92 Å². The molecule has 0 unspecified atom stereocenters. The molecule has 1 aliphatic rings. The molecule has 1 saturated heterocycles. The van der Waals surface area contributed by atoms with Crippen LogP contribution in [0.2, 0.25) is 0 Å². The smallest absolute Gasteiger partial charge is 0.220 e. The average Bonchev–Trinajstić information content (AvgIpc) is 2.65. The van der Waals surface area contributed by atoms with Gasteiger partial charge in [-0.15, -0.1) is 10.2 Å². The number of hydrogen-bond donors (Lipinski definition) is 1. The summed E-state index contributed by atoms with van der Waals surface area (Å²) >= 11 is 4.79. The van der Waals surface area contributed by atoms with E-state index < -0.39 is 0 Å². The van der Waals surface area contributed by atoms with Gasteiger partial charge in [0.05, 0.1) is 0 Å². The molecule has 0 atom stereocenters. The third-order valence-corrected chi connectivity index (χ3v) is 3.97. The van der Waals surface area contributed by atoms with Crippen molar-refractivity contribution in [3.8, 4) is 0 Å². The molecule has 5 nitrogen and oxygen atoms in total. The van der Waals surface area contributed by atoms with Crippen LogP contribution in [-0.4, -0.2) is 29.2 Å². The Hall–Kier alpha value is -0.690. The molecule has 0 aromatic carbocycles. The van der Waals surface area contributed by atoms with Crippen LogP contribution in [0, 0.1) is 5.92 Å². The van der Waals surface area contributed by atoms with Gasteiger partial charge in [-0.2, -0.15) is 0 Å². The van der Waals surface area contributed by atoms with Crippen LogP contribution in [0.5, 0.6) is 0 Å². The number of nitrogens with two attached hydrogens (primary N) is 1. The normalized spacial score (nSPS) is 18.1. The van der Waals surface area contributed by atoms with Crippen LogP contribution in [0.4, 0.5) is 5.13 Å². The van der Waals surface area contributed by atoms with Crippen LogP contribution in [0.15, 0.2) is 3.92 Å². The van der Waals surface area contributed by atoms with Crippen LogP contribution in [0.3, 0.4) is 0 Å². The molecule has 0 bridgehead atoms. The number of nitrogens with zero attached hydrogens (tertiary/aromatic N) is 3. The molecule has 1 aliphatic heterocycles. The highest BCUT2D eigenvalue weighted by atomic mass is 79.9. The van der Waals surface area contributed by atoms with Gasteiger partial charge in [-0.05, 0) is 28.8 Å². The van der Waals surface area contributed by atoms with Gasteiger partial charge in [-0.1, -0.05) is 11.3 Å². The lowest BCUT2D eigenvalue weighted by atomic mass is 9.97. The third-order valence-electron chi connectivity index (χ3n) is 2.56. The first-order chi connectivity index (χ1) is 7.16. The zero-order valence-electron chi connectivity index (χ0n) is 8.02. The van der Waals surface area contributed by atoms with Gasteiger partial charge in [0, 0.05) is 19.0 Å². The summed E-state index contributed by atoms with van der Waals surface area (Å²) in [5.41, 5.74) is 5.27. The second-order valence-electron chi connectivity index (χ2n) is 3.50. The van der Waals surface area contributed by atoms with Crippen molar-refractivity contribution in [2.75, 3.05) is 18.0 Å². The Kier molecular flexibility index (Phi) is 3.20. The van der Waals surface area contributed by atoms with Gasteiger partial charge in [0.25, 0.3) is 0 Å². The van der Waals surface area contributed by atoms with Crippen molar-refractivity contribution < 1.29 is 4.79 Å². The van der Waals surface area contributed by atoms with Crippen LogP contribution in [-0.2, 0) is 4.79 Å². The molecule has 1 amide bonds. The Bertz CT molecular complexity index is 361. The molecule has 0 aliphatic carbocycles. The van der Waals surface area contributed by atoms with E-state index in [9.17, 15) is 4.79 Å².